The normalized spacial score (nSPS) is 26.3. The highest BCUT2D eigenvalue weighted by atomic mass is 16.7. The maximum absolute atomic E-state index is 12.3. The summed E-state index contributed by atoms with van der Waals surface area (Å²) in [5, 5.41) is 10.2. The molecule has 0 amide bonds. The summed E-state index contributed by atoms with van der Waals surface area (Å²) in [5.41, 5.74) is 1.31. The molecule has 0 spiro atoms. The van der Waals surface area contributed by atoms with E-state index in [0.717, 1.165) is 19.3 Å². The number of carbonyl (C=O) groups is 2. The van der Waals surface area contributed by atoms with Crippen LogP contribution < -0.4 is 0 Å². The molecule has 0 aromatic heterocycles. The number of aliphatic hydroxyl groups is 1. The molecule has 0 aromatic carbocycles. The second-order valence-electron chi connectivity index (χ2n) is 8.18. The molecule has 1 heterocycles. The summed E-state index contributed by atoms with van der Waals surface area (Å²) >= 11 is 0. The highest BCUT2D eigenvalue weighted by Gasteiger charge is 2.45. The monoisotopic (exact) mass is 414 g/mol. The van der Waals surface area contributed by atoms with Crippen LogP contribution in [0.1, 0.15) is 67.2 Å². The zero-order valence-corrected chi connectivity index (χ0v) is 18.7. The van der Waals surface area contributed by atoms with Crippen molar-refractivity contribution in [2.75, 3.05) is 13.2 Å². The Bertz CT molecular complexity index is 541. The van der Waals surface area contributed by atoms with E-state index < -0.39 is 36.5 Å². The third-order valence-electron chi connectivity index (χ3n) is 5.08. The van der Waals surface area contributed by atoms with Crippen molar-refractivity contribution in [1.82, 2.24) is 0 Å². The summed E-state index contributed by atoms with van der Waals surface area (Å²) in [4.78, 5) is 23.8. The molecule has 6 unspecified atom stereocenters. The van der Waals surface area contributed by atoms with E-state index in [9.17, 15) is 14.7 Å². The molecule has 0 radical (unpaired) electrons. The molecule has 1 N–H and O–H groups in total. The van der Waals surface area contributed by atoms with Crippen LogP contribution in [0.15, 0.2) is 11.6 Å². The Kier molecular flexibility index (Phi) is 11.5. The number of hydrogen-bond donors (Lipinski definition) is 1. The number of allylic oxidation sites excluding steroid dienone is 2. The first-order chi connectivity index (χ1) is 13.6. The van der Waals surface area contributed by atoms with E-state index in [2.05, 4.69) is 26.8 Å². The van der Waals surface area contributed by atoms with Crippen molar-refractivity contribution >= 4 is 11.9 Å². The summed E-state index contributed by atoms with van der Waals surface area (Å²) < 4.78 is 22.2. The quantitative estimate of drug-likeness (QED) is 0.409. The van der Waals surface area contributed by atoms with E-state index in [1.54, 1.807) is 6.92 Å². The van der Waals surface area contributed by atoms with Gasteiger partial charge in [-0.15, -0.1) is 0 Å². The van der Waals surface area contributed by atoms with E-state index in [4.69, 9.17) is 18.9 Å². The van der Waals surface area contributed by atoms with Crippen molar-refractivity contribution in [2.24, 2.45) is 11.8 Å². The van der Waals surface area contributed by atoms with Gasteiger partial charge in [-0.05, 0) is 45.4 Å². The second kappa shape index (κ2) is 13.0. The van der Waals surface area contributed by atoms with Crippen molar-refractivity contribution in [1.29, 1.82) is 0 Å². The molecule has 1 fully saturated rings. The molecule has 0 aromatic rings. The lowest BCUT2D eigenvalue weighted by Crippen LogP contribution is -2.57. The van der Waals surface area contributed by atoms with Crippen molar-refractivity contribution in [3.8, 4) is 0 Å². The maximum atomic E-state index is 12.3. The van der Waals surface area contributed by atoms with Crippen LogP contribution >= 0.6 is 0 Å². The number of hydrogen-bond acceptors (Lipinski definition) is 7. The topological polar surface area (TPSA) is 91.3 Å². The standard InChI is InChI=1S/C22H38O7/c1-7-16(5)21(25)29-20-19(28-17(6)23)18(24)13-27-22(20)26-12-11-15(4)10-8-9-14(2)3/h9,15-16,18-20,22,24H,7-8,10-13H2,1-6H3. The minimum atomic E-state index is -1.09. The Morgan fingerprint density at radius 2 is 1.83 bits per heavy atom. The molecular weight excluding hydrogens is 376 g/mol. The first kappa shape index (κ1) is 25.6. The highest BCUT2D eigenvalue weighted by Crippen LogP contribution is 2.25. The second-order valence-corrected chi connectivity index (χ2v) is 8.18. The van der Waals surface area contributed by atoms with Gasteiger partial charge in [-0.25, -0.2) is 0 Å². The molecule has 1 aliphatic rings. The van der Waals surface area contributed by atoms with Crippen molar-refractivity contribution < 1.29 is 33.6 Å². The van der Waals surface area contributed by atoms with Crippen molar-refractivity contribution in [2.45, 2.75) is 91.8 Å². The summed E-state index contributed by atoms with van der Waals surface area (Å²) in [6.07, 6.45) is 1.74. The van der Waals surface area contributed by atoms with Crippen LogP contribution in [-0.2, 0) is 28.5 Å². The Morgan fingerprint density at radius 3 is 2.41 bits per heavy atom. The lowest BCUT2D eigenvalue weighted by atomic mass is 10.0. The predicted octanol–water partition coefficient (Wildman–Crippen LogP) is 3.38. The lowest BCUT2D eigenvalue weighted by molar-refractivity contribution is -0.280. The van der Waals surface area contributed by atoms with Crippen LogP contribution in [0, 0.1) is 11.8 Å². The van der Waals surface area contributed by atoms with E-state index in [0.29, 0.717) is 18.9 Å². The molecule has 168 valence electrons. The van der Waals surface area contributed by atoms with E-state index >= 15 is 0 Å². The van der Waals surface area contributed by atoms with Gasteiger partial charge >= 0.3 is 11.9 Å². The molecule has 1 saturated heterocycles. The zero-order valence-electron chi connectivity index (χ0n) is 18.7. The molecule has 6 atom stereocenters. The number of esters is 2. The van der Waals surface area contributed by atoms with Crippen LogP contribution in [0.25, 0.3) is 0 Å². The van der Waals surface area contributed by atoms with E-state index in [1.807, 2.05) is 6.92 Å². The fraction of sp³-hybridized carbons (Fsp3) is 0.818. The molecule has 1 rings (SSSR count). The van der Waals surface area contributed by atoms with Crippen LogP contribution in [0.5, 0.6) is 0 Å². The Balaban J connectivity index is 2.71. The first-order valence-corrected chi connectivity index (χ1v) is 10.6. The van der Waals surface area contributed by atoms with Crippen LogP contribution in [0.3, 0.4) is 0 Å². The number of ether oxygens (including phenoxy) is 4. The molecular formula is C22H38O7. The smallest absolute Gasteiger partial charge is 0.309 e. The molecule has 0 saturated carbocycles. The molecule has 29 heavy (non-hydrogen) atoms. The summed E-state index contributed by atoms with van der Waals surface area (Å²) in [5.74, 6) is -0.851. The molecule has 0 bridgehead atoms. The third-order valence-corrected chi connectivity index (χ3v) is 5.08. The molecule has 1 aliphatic heterocycles. The predicted molar refractivity (Wildman–Crippen MR) is 109 cm³/mol. The van der Waals surface area contributed by atoms with Gasteiger partial charge < -0.3 is 24.1 Å². The number of rotatable bonds is 11. The van der Waals surface area contributed by atoms with Gasteiger partial charge in [0.2, 0.25) is 0 Å². The number of aliphatic hydroxyl groups excluding tert-OH is 1. The maximum Gasteiger partial charge on any atom is 0.309 e. The lowest BCUT2D eigenvalue weighted by Gasteiger charge is -2.39. The Hall–Kier alpha value is -1.44. The Labute approximate surface area is 174 Å². The summed E-state index contributed by atoms with van der Waals surface area (Å²) in [7, 11) is 0. The fourth-order valence-electron chi connectivity index (χ4n) is 2.96. The minimum absolute atomic E-state index is 0.0594. The highest BCUT2D eigenvalue weighted by molar-refractivity contribution is 5.72. The van der Waals surface area contributed by atoms with Gasteiger partial charge in [0, 0.05) is 6.92 Å². The zero-order chi connectivity index (χ0) is 22.0. The van der Waals surface area contributed by atoms with E-state index in [1.165, 1.54) is 12.5 Å². The molecule has 7 nitrogen and oxygen atoms in total. The largest absolute Gasteiger partial charge is 0.455 e. The van der Waals surface area contributed by atoms with Gasteiger partial charge in [-0.2, -0.15) is 0 Å². The van der Waals surface area contributed by atoms with Crippen molar-refractivity contribution in [3.63, 3.8) is 0 Å². The van der Waals surface area contributed by atoms with E-state index in [-0.39, 0.29) is 12.5 Å². The first-order valence-electron chi connectivity index (χ1n) is 10.6. The van der Waals surface area contributed by atoms with Gasteiger partial charge in [0.05, 0.1) is 19.1 Å². The molecule has 0 aliphatic carbocycles. The van der Waals surface area contributed by atoms with Gasteiger partial charge in [-0.3, -0.25) is 9.59 Å². The number of carbonyl (C=O) groups excluding carboxylic acids is 2. The van der Waals surface area contributed by atoms with Crippen molar-refractivity contribution in [3.05, 3.63) is 11.6 Å². The average Bonchev–Trinajstić information content (AvgIpc) is 2.64. The summed E-state index contributed by atoms with van der Waals surface area (Å²) in [6.45, 7) is 11.6. The average molecular weight is 415 g/mol. The van der Waals surface area contributed by atoms with Gasteiger partial charge in [-0.1, -0.05) is 32.4 Å². The van der Waals surface area contributed by atoms with Gasteiger partial charge in [0.15, 0.2) is 18.5 Å². The third kappa shape index (κ3) is 9.28. The minimum Gasteiger partial charge on any atom is -0.455 e. The summed E-state index contributed by atoms with van der Waals surface area (Å²) in [6, 6.07) is 0. The van der Waals surface area contributed by atoms with Gasteiger partial charge in [0.25, 0.3) is 0 Å². The fourth-order valence-corrected chi connectivity index (χ4v) is 2.96. The molecule has 7 heteroatoms. The van der Waals surface area contributed by atoms with Crippen LogP contribution in [-0.4, -0.2) is 54.9 Å². The SMILES string of the molecule is CCC(C)C(=O)OC1C(OCCC(C)CCC=C(C)C)OCC(O)C1OC(C)=O. The van der Waals surface area contributed by atoms with Crippen LogP contribution in [0.2, 0.25) is 0 Å². The Morgan fingerprint density at radius 1 is 1.14 bits per heavy atom. The van der Waals surface area contributed by atoms with Gasteiger partial charge in [0.1, 0.15) is 6.10 Å². The van der Waals surface area contributed by atoms with Crippen LogP contribution in [0.4, 0.5) is 0 Å².